The van der Waals surface area contributed by atoms with Gasteiger partial charge in [0.1, 0.15) is 18.0 Å². The highest BCUT2D eigenvalue weighted by molar-refractivity contribution is 7.98. The van der Waals surface area contributed by atoms with Gasteiger partial charge < -0.3 is 15.7 Å². The summed E-state index contributed by atoms with van der Waals surface area (Å²) in [5.74, 6) is -1.60. The number of carboxylic acids is 1. The Labute approximate surface area is 217 Å². The van der Waals surface area contributed by atoms with Gasteiger partial charge in [0.25, 0.3) is 0 Å². The number of nitrogens with one attached hydrogen (secondary N) is 3. The summed E-state index contributed by atoms with van der Waals surface area (Å²) in [4.78, 5) is 22.8. The van der Waals surface area contributed by atoms with Gasteiger partial charge in [0.15, 0.2) is 0 Å². The fourth-order valence-electron chi connectivity index (χ4n) is 2.78. The first-order valence-corrected chi connectivity index (χ1v) is 13.6. The van der Waals surface area contributed by atoms with E-state index in [9.17, 15) is 21.6 Å². The van der Waals surface area contributed by atoms with Crippen LogP contribution in [0.3, 0.4) is 0 Å². The number of fused-ring (bicyclic) bond motifs is 1. The molecule has 2 aromatic heterocycles. The van der Waals surface area contributed by atoms with Crippen LogP contribution in [0.15, 0.2) is 64.1 Å². The molecule has 16 heteroatoms. The average Bonchev–Trinajstić information content (AvgIpc) is 3.32. The van der Waals surface area contributed by atoms with Gasteiger partial charge in [-0.2, -0.15) is 13.2 Å². The number of thiazole rings is 1. The van der Waals surface area contributed by atoms with Crippen LogP contribution >= 0.6 is 23.1 Å². The molecule has 0 amide bonds. The second-order valence-corrected chi connectivity index (χ2v) is 10.6. The molecular formula is C21H19F3N6O4S3. The van der Waals surface area contributed by atoms with Gasteiger partial charge in [-0.1, -0.05) is 0 Å². The number of sulfonamides is 1. The second kappa shape index (κ2) is 11.7. The van der Waals surface area contributed by atoms with E-state index in [0.29, 0.717) is 17.3 Å². The van der Waals surface area contributed by atoms with Gasteiger partial charge in [-0.05, 0) is 49.7 Å². The molecule has 0 bridgehead atoms. The fourth-order valence-corrected chi connectivity index (χ4v) is 4.79. The van der Waals surface area contributed by atoms with Gasteiger partial charge >= 0.3 is 12.1 Å². The zero-order valence-electron chi connectivity index (χ0n) is 19.1. The van der Waals surface area contributed by atoms with Crippen molar-refractivity contribution in [1.82, 2.24) is 19.7 Å². The summed E-state index contributed by atoms with van der Waals surface area (Å²) in [6, 6.07) is 12.6. The maximum atomic E-state index is 12.2. The summed E-state index contributed by atoms with van der Waals surface area (Å²) in [5, 5.41) is 13.6. The van der Waals surface area contributed by atoms with Crippen molar-refractivity contribution in [1.29, 1.82) is 0 Å². The first-order valence-electron chi connectivity index (χ1n) is 10.0. The summed E-state index contributed by atoms with van der Waals surface area (Å²) in [6.07, 6.45) is -1.71. The van der Waals surface area contributed by atoms with E-state index in [4.69, 9.17) is 9.90 Å². The zero-order valence-corrected chi connectivity index (χ0v) is 21.5. The minimum absolute atomic E-state index is 0.176. The number of hydrogen-bond acceptors (Lipinski definition) is 10. The Kier molecular flexibility index (Phi) is 8.90. The van der Waals surface area contributed by atoms with Crippen LogP contribution in [0.5, 0.6) is 0 Å². The first kappa shape index (κ1) is 28.1. The number of nitrogens with zero attached hydrogens (tertiary/aromatic N) is 3. The highest BCUT2D eigenvalue weighted by atomic mass is 32.2. The summed E-state index contributed by atoms with van der Waals surface area (Å²) in [6.45, 7) is 0. The Morgan fingerprint density at radius 3 is 2.32 bits per heavy atom. The third kappa shape index (κ3) is 7.51. The van der Waals surface area contributed by atoms with Gasteiger partial charge in [0, 0.05) is 16.6 Å². The molecule has 0 aliphatic heterocycles. The summed E-state index contributed by atoms with van der Waals surface area (Å²) >= 11 is 3.08. The molecule has 4 aromatic rings. The number of carboxylic acid groups (broad SMARTS) is 1. The fraction of sp³-hybridized carbons (Fsp3) is 0.143. The number of anilines is 4. The largest absolute Gasteiger partial charge is 0.490 e. The van der Waals surface area contributed by atoms with Gasteiger partial charge in [0.05, 0.1) is 26.3 Å². The predicted octanol–water partition coefficient (Wildman–Crippen LogP) is 4.84. The van der Waals surface area contributed by atoms with E-state index in [0.717, 1.165) is 20.8 Å². The van der Waals surface area contributed by atoms with Crippen molar-refractivity contribution in [3.63, 3.8) is 0 Å². The Morgan fingerprint density at radius 2 is 1.70 bits per heavy atom. The van der Waals surface area contributed by atoms with E-state index in [1.807, 2.05) is 30.0 Å². The van der Waals surface area contributed by atoms with Gasteiger partial charge in [-0.25, -0.2) is 32.9 Å². The molecule has 4 rings (SSSR count). The number of benzene rings is 2. The molecule has 0 saturated carbocycles. The standard InChI is InChI=1S/C19H18N6O2S3.C2HF3O2/c1-20-30(26,27)13-4-6-16(28-2)15(8-13)25-19-9-18(21-10-22-19)24-12-3-5-14-17(7-12)29-11-23-14;3-2(4,5)1(6)7/h3-11,20H,1-2H3,(H2,21,22,24,25);(H,6,7). The van der Waals surface area contributed by atoms with Crippen LogP contribution < -0.4 is 15.4 Å². The van der Waals surface area contributed by atoms with Crippen LogP contribution in [0.1, 0.15) is 0 Å². The third-order valence-electron chi connectivity index (χ3n) is 4.53. The molecule has 0 atom stereocenters. The van der Waals surface area contributed by atoms with E-state index in [-0.39, 0.29) is 4.90 Å². The minimum Gasteiger partial charge on any atom is -0.475 e. The monoisotopic (exact) mass is 572 g/mol. The van der Waals surface area contributed by atoms with Crippen LogP contribution in [0.4, 0.5) is 36.2 Å². The van der Waals surface area contributed by atoms with Crippen molar-refractivity contribution in [2.24, 2.45) is 0 Å². The molecule has 37 heavy (non-hydrogen) atoms. The lowest BCUT2D eigenvalue weighted by atomic mass is 10.3. The maximum Gasteiger partial charge on any atom is 0.490 e. The number of aliphatic carboxylic acids is 1. The van der Waals surface area contributed by atoms with E-state index in [1.54, 1.807) is 35.6 Å². The SMILES string of the molecule is CNS(=O)(=O)c1ccc(SC)c(Nc2cc(Nc3ccc4ncsc4c3)ncn2)c1.O=C(O)C(F)(F)F. The van der Waals surface area contributed by atoms with Crippen LogP contribution in [0, 0.1) is 0 Å². The molecule has 0 radical (unpaired) electrons. The molecule has 0 aliphatic carbocycles. The van der Waals surface area contributed by atoms with Crippen LogP contribution in [-0.4, -0.2) is 53.9 Å². The van der Waals surface area contributed by atoms with Crippen molar-refractivity contribution >= 4 is 72.3 Å². The lowest BCUT2D eigenvalue weighted by Crippen LogP contribution is -2.21. The maximum absolute atomic E-state index is 12.2. The first-order chi connectivity index (χ1) is 17.4. The molecule has 0 unspecified atom stereocenters. The molecule has 0 spiro atoms. The van der Waals surface area contributed by atoms with E-state index in [2.05, 4.69) is 30.3 Å². The molecule has 196 valence electrons. The second-order valence-electron chi connectivity index (χ2n) is 6.95. The molecule has 10 nitrogen and oxygen atoms in total. The van der Waals surface area contributed by atoms with Gasteiger partial charge in [-0.3, -0.25) is 0 Å². The molecule has 2 heterocycles. The van der Waals surface area contributed by atoms with Crippen molar-refractivity contribution in [2.75, 3.05) is 23.9 Å². The van der Waals surface area contributed by atoms with Crippen molar-refractivity contribution in [2.45, 2.75) is 16.0 Å². The zero-order chi connectivity index (χ0) is 27.2. The lowest BCUT2D eigenvalue weighted by Gasteiger charge is -2.13. The van der Waals surface area contributed by atoms with Crippen LogP contribution in [0.25, 0.3) is 10.2 Å². The molecule has 0 saturated heterocycles. The number of alkyl halides is 3. The van der Waals surface area contributed by atoms with Crippen molar-refractivity contribution < 1.29 is 31.5 Å². The van der Waals surface area contributed by atoms with Crippen molar-refractivity contribution in [3.05, 3.63) is 54.3 Å². The molecular weight excluding hydrogens is 553 g/mol. The number of hydrogen-bond donors (Lipinski definition) is 4. The highest BCUT2D eigenvalue weighted by Gasteiger charge is 2.38. The number of halogens is 3. The number of rotatable bonds is 7. The quantitative estimate of drug-likeness (QED) is 0.227. The summed E-state index contributed by atoms with van der Waals surface area (Å²) < 4.78 is 59.5. The van der Waals surface area contributed by atoms with Gasteiger partial charge in [-0.15, -0.1) is 23.1 Å². The Bertz CT molecular complexity index is 1510. The molecule has 4 N–H and O–H groups in total. The summed E-state index contributed by atoms with van der Waals surface area (Å²) in [5.41, 5.74) is 4.31. The minimum atomic E-state index is -5.08. The lowest BCUT2D eigenvalue weighted by molar-refractivity contribution is -0.192. The summed E-state index contributed by atoms with van der Waals surface area (Å²) in [7, 11) is -2.16. The smallest absolute Gasteiger partial charge is 0.475 e. The Morgan fingerprint density at radius 1 is 1.03 bits per heavy atom. The number of aromatic nitrogens is 3. The predicted molar refractivity (Wildman–Crippen MR) is 136 cm³/mol. The van der Waals surface area contributed by atoms with Crippen LogP contribution in [-0.2, 0) is 14.8 Å². The molecule has 0 aliphatic rings. The third-order valence-corrected chi connectivity index (χ3v) is 7.53. The topological polar surface area (TPSA) is 146 Å². The Balaban J connectivity index is 0.000000479. The van der Waals surface area contributed by atoms with Gasteiger partial charge in [0.2, 0.25) is 10.0 Å². The normalized spacial score (nSPS) is 11.5. The van der Waals surface area contributed by atoms with Crippen LogP contribution in [0.2, 0.25) is 0 Å². The van der Waals surface area contributed by atoms with Crippen molar-refractivity contribution in [3.8, 4) is 0 Å². The van der Waals surface area contributed by atoms with E-state index >= 15 is 0 Å². The van der Waals surface area contributed by atoms with E-state index < -0.39 is 22.2 Å². The average molecular weight is 573 g/mol. The molecule has 0 fully saturated rings. The molecule has 2 aromatic carbocycles. The van der Waals surface area contributed by atoms with E-state index in [1.165, 1.54) is 25.1 Å². The number of thioether (sulfide) groups is 1. The Hall–Kier alpha value is -3.47. The number of carbonyl (C=O) groups is 1. The highest BCUT2D eigenvalue weighted by Crippen LogP contribution is 2.31.